The molecule has 0 aliphatic carbocycles. The lowest BCUT2D eigenvalue weighted by Crippen LogP contribution is -2.49. The van der Waals surface area contributed by atoms with E-state index in [-0.39, 0.29) is 24.2 Å². The molecule has 0 radical (unpaired) electrons. The quantitative estimate of drug-likeness (QED) is 0.292. The minimum Gasteiger partial charge on any atom is -0.444 e. The smallest absolute Gasteiger partial charge is 0.410 e. The Morgan fingerprint density at radius 2 is 1.93 bits per heavy atom. The summed E-state index contributed by atoms with van der Waals surface area (Å²) in [6.07, 6.45) is 0.816. The highest BCUT2D eigenvalue weighted by molar-refractivity contribution is 6.05. The topological polar surface area (TPSA) is 143 Å². The van der Waals surface area contributed by atoms with Crippen LogP contribution in [0.5, 0.6) is 0 Å². The first-order valence-electron chi connectivity index (χ1n) is 14.3. The highest BCUT2D eigenvalue weighted by Gasteiger charge is 2.32. The number of piperidine rings is 1. The molecule has 1 saturated heterocycles. The molecule has 1 fully saturated rings. The van der Waals surface area contributed by atoms with Gasteiger partial charge < -0.3 is 31.1 Å². The second-order valence-corrected chi connectivity index (χ2v) is 12.2. The number of benzene rings is 2. The fraction of sp³-hybridized carbons (Fsp3) is 0.438. The maximum atomic E-state index is 13.2. The van der Waals surface area contributed by atoms with Gasteiger partial charge in [-0.05, 0) is 81.0 Å². The van der Waals surface area contributed by atoms with Crippen LogP contribution in [0.4, 0.5) is 22.1 Å². The lowest BCUT2D eigenvalue weighted by molar-refractivity contribution is -0.0104. The zero-order valence-electron chi connectivity index (χ0n) is 25.3. The third-order valence-electron chi connectivity index (χ3n) is 7.34. The zero-order chi connectivity index (χ0) is 30.6. The van der Waals surface area contributed by atoms with Crippen LogP contribution >= 0.6 is 0 Å². The number of nitrogens with zero attached hydrogens (tertiary/aromatic N) is 3. The summed E-state index contributed by atoms with van der Waals surface area (Å²) in [4.78, 5) is 35.7. The second-order valence-electron chi connectivity index (χ2n) is 12.2. The number of carbonyl (C=O) groups excluding carboxylic acids is 2. The molecule has 0 bridgehead atoms. The van der Waals surface area contributed by atoms with Crippen molar-refractivity contribution in [3.8, 4) is 11.1 Å². The number of rotatable bonds is 7. The summed E-state index contributed by atoms with van der Waals surface area (Å²) in [6.45, 7) is 12.9. The summed E-state index contributed by atoms with van der Waals surface area (Å²) < 4.78 is 5.45. The van der Waals surface area contributed by atoms with Crippen molar-refractivity contribution in [2.24, 2.45) is 5.92 Å². The summed E-state index contributed by atoms with van der Waals surface area (Å²) >= 11 is 0. The van der Waals surface area contributed by atoms with Crippen LogP contribution in [0.1, 0.15) is 68.4 Å². The van der Waals surface area contributed by atoms with Crippen LogP contribution in [0.3, 0.4) is 0 Å². The molecule has 10 heteroatoms. The summed E-state index contributed by atoms with van der Waals surface area (Å²) in [5.41, 5.74) is 10.5. The number of aromatic nitrogens is 2. The highest BCUT2D eigenvalue weighted by atomic mass is 16.6. The maximum absolute atomic E-state index is 13.2. The Bertz CT molecular complexity index is 1430. The molecule has 3 aromatic rings. The van der Waals surface area contributed by atoms with Crippen LogP contribution in [-0.2, 0) is 4.74 Å². The van der Waals surface area contributed by atoms with Crippen LogP contribution in [-0.4, -0.2) is 63.3 Å². The molecule has 2 amide bonds. The van der Waals surface area contributed by atoms with Gasteiger partial charge in [0, 0.05) is 30.3 Å². The number of aryl methyl sites for hydroxylation is 1. The molecule has 10 nitrogen and oxygen atoms in total. The largest absolute Gasteiger partial charge is 0.444 e. The van der Waals surface area contributed by atoms with Gasteiger partial charge in [-0.1, -0.05) is 32.0 Å². The number of nitrogens with two attached hydrogens (primary N) is 1. The first kappa shape index (κ1) is 30.8. The van der Waals surface area contributed by atoms with E-state index in [1.165, 1.54) is 16.8 Å². The molecule has 0 spiro atoms. The fourth-order valence-corrected chi connectivity index (χ4v) is 5.18. The molecule has 2 atom stereocenters. The van der Waals surface area contributed by atoms with E-state index in [0.29, 0.717) is 47.9 Å². The van der Waals surface area contributed by atoms with Gasteiger partial charge in [0.05, 0.1) is 18.2 Å². The van der Waals surface area contributed by atoms with Crippen molar-refractivity contribution in [3.63, 3.8) is 0 Å². The molecule has 2 heterocycles. The SMILES string of the molecule is Cc1cc(NC(=O)c2cccc(-c3c(N)ncnc3NC[C@H]3CCN(C(=O)OC(C)(C)C)C[C@@H]3O)c2)ccc1C(C)C. The van der Waals surface area contributed by atoms with Gasteiger partial charge in [-0.3, -0.25) is 4.79 Å². The van der Waals surface area contributed by atoms with E-state index in [0.717, 1.165) is 11.3 Å². The summed E-state index contributed by atoms with van der Waals surface area (Å²) in [5, 5.41) is 17.1. The van der Waals surface area contributed by atoms with Crippen molar-refractivity contribution in [2.45, 2.75) is 65.6 Å². The zero-order valence-corrected chi connectivity index (χ0v) is 25.3. The summed E-state index contributed by atoms with van der Waals surface area (Å²) in [5.74, 6) is 0.821. The Labute approximate surface area is 247 Å². The van der Waals surface area contributed by atoms with Crippen molar-refractivity contribution >= 4 is 29.3 Å². The number of nitrogens with one attached hydrogen (secondary N) is 2. The highest BCUT2D eigenvalue weighted by Crippen LogP contribution is 2.32. The second kappa shape index (κ2) is 12.8. The molecule has 1 aromatic heterocycles. The number of carbonyl (C=O) groups is 2. The molecular formula is C32H42N6O4. The van der Waals surface area contributed by atoms with Crippen LogP contribution in [0.15, 0.2) is 48.8 Å². The number of nitrogen functional groups attached to an aromatic ring is 1. The van der Waals surface area contributed by atoms with E-state index in [9.17, 15) is 14.7 Å². The Balaban J connectivity index is 1.46. The Morgan fingerprint density at radius 3 is 2.60 bits per heavy atom. The Kier molecular flexibility index (Phi) is 9.36. The number of anilines is 3. The molecule has 1 aliphatic heterocycles. The van der Waals surface area contributed by atoms with Crippen molar-refractivity contribution in [1.82, 2.24) is 14.9 Å². The average molecular weight is 575 g/mol. The van der Waals surface area contributed by atoms with Gasteiger partial charge >= 0.3 is 6.09 Å². The molecule has 224 valence electrons. The van der Waals surface area contributed by atoms with E-state index in [2.05, 4.69) is 34.4 Å². The van der Waals surface area contributed by atoms with Crippen LogP contribution < -0.4 is 16.4 Å². The van der Waals surface area contributed by atoms with Crippen LogP contribution in [0, 0.1) is 12.8 Å². The Hall–Kier alpha value is -4.18. The molecule has 0 unspecified atom stereocenters. The van der Waals surface area contributed by atoms with Gasteiger partial charge in [-0.15, -0.1) is 0 Å². The first-order valence-corrected chi connectivity index (χ1v) is 14.3. The van der Waals surface area contributed by atoms with E-state index < -0.39 is 17.8 Å². The number of ether oxygens (including phenoxy) is 1. The normalized spacial score (nSPS) is 17.2. The van der Waals surface area contributed by atoms with E-state index in [1.54, 1.807) is 18.2 Å². The third-order valence-corrected chi connectivity index (χ3v) is 7.34. The molecule has 4 rings (SSSR count). The molecule has 1 aliphatic rings. The van der Waals surface area contributed by atoms with Crippen molar-refractivity contribution < 1.29 is 19.4 Å². The van der Waals surface area contributed by atoms with E-state index in [1.807, 2.05) is 52.0 Å². The van der Waals surface area contributed by atoms with Crippen molar-refractivity contribution in [3.05, 3.63) is 65.5 Å². The van der Waals surface area contributed by atoms with Crippen molar-refractivity contribution in [1.29, 1.82) is 0 Å². The number of hydrogen-bond donors (Lipinski definition) is 4. The van der Waals surface area contributed by atoms with Gasteiger partial charge in [0.15, 0.2) is 0 Å². The molecule has 0 saturated carbocycles. The predicted octanol–water partition coefficient (Wildman–Crippen LogP) is 5.44. The number of aliphatic hydroxyl groups excluding tert-OH is 1. The van der Waals surface area contributed by atoms with Gasteiger partial charge in [0.1, 0.15) is 23.6 Å². The number of likely N-dealkylation sites (tertiary alicyclic amines) is 1. The number of amides is 2. The van der Waals surface area contributed by atoms with Gasteiger partial charge in [0.25, 0.3) is 5.91 Å². The van der Waals surface area contributed by atoms with Gasteiger partial charge in [0.2, 0.25) is 0 Å². The summed E-state index contributed by atoms with van der Waals surface area (Å²) in [7, 11) is 0. The molecule has 5 N–H and O–H groups in total. The monoisotopic (exact) mass is 574 g/mol. The van der Waals surface area contributed by atoms with Gasteiger partial charge in [-0.25, -0.2) is 14.8 Å². The van der Waals surface area contributed by atoms with Crippen LogP contribution in [0.2, 0.25) is 0 Å². The van der Waals surface area contributed by atoms with Gasteiger partial charge in [-0.2, -0.15) is 0 Å². The molecular weight excluding hydrogens is 532 g/mol. The average Bonchev–Trinajstić information content (AvgIpc) is 2.91. The third kappa shape index (κ3) is 7.55. The van der Waals surface area contributed by atoms with E-state index >= 15 is 0 Å². The summed E-state index contributed by atoms with van der Waals surface area (Å²) in [6, 6.07) is 13.1. The minimum atomic E-state index is -0.730. The lowest BCUT2D eigenvalue weighted by Gasteiger charge is -2.36. The fourth-order valence-electron chi connectivity index (χ4n) is 5.18. The molecule has 2 aromatic carbocycles. The minimum absolute atomic E-state index is 0.115. The molecule has 42 heavy (non-hydrogen) atoms. The first-order chi connectivity index (χ1) is 19.8. The predicted molar refractivity (Wildman–Crippen MR) is 166 cm³/mol. The maximum Gasteiger partial charge on any atom is 0.410 e. The van der Waals surface area contributed by atoms with Crippen LogP contribution in [0.25, 0.3) is 11.1 Å². The standard InChI is InChI=1S/C32H42N6O4/c1-19(2)25-11-10-24(14-20(25)3)37-30(40)22-9-7-8-21(15-22)27-28(33)35-18-36-29(27)34-16-23-12-13-38(17-26(23)39)31(41)42-32(4,5)6/h7-11,14-15,18-19,23,26,39H,12-13,16-17H2,1-6H3,(H,37,40)(H3,33,34,35,36)/t23-,26+/m1/s1. The van der Waals surface area contributed by atoms with E-state index in [4.69, 9.17) is 10.5 Å². The lowest BCUT2D eigenvalue weighted by atomic mass is 9.94. The Morgan fingerprint density at radius 1 is 1.17 bits per heavy atom. The van der Waals surface area contributed by atoms with Crippen molar-refractivity contribution in [2.75, 3.05) is 36.0 Å². The number of hydrogen-bond acceptors (Lipinski definition) is 8. The number of aliphatic hydroxyl groups is 1. The number of β-amino-alcohol motifs (C(OH)–C–C–N with tert-alkyl or cyclic N) is 1.